The van der Waals surface area contributed by atoms with E-state index in [9.17, 15) is 4.79 Å². The maximum atomic E-state index is 10.9. The van der Waals surface area contributed by atoms with Gasteiger partial charge in [0.2, 0.25) is 0 Å². The Morgan fingerprint density at radius 3 is 1.90 bits per heavy atom. The summed E-state index contributed by atoms with van der Waals surface area (Å²) in [6, 6.07) is 0. The summed E-state index contributed by atoms with van der Waals surface area (Å²) in [4.78, 5) is 10.9. The molecule has 0 aliphatic carbocycles. The van der Waals surface area contributed by atoms with Crippen molar-refractivity contribution >= 4 is 17.6 Å². The Bertz CT molecular complexity index is 219. The van der Waals surface area contributed by atoms with Gasteiger partial charge in [0.05, 0.1) is 7.11 Å². The van der Waals surface area contributed by atoms with Gasteiger partial charge in [-0.1, -0.05) is 64.7 Å². The van der Waals surface area contributed by atoms with E-state index in [-0.39, 0.29) is 5.97 Å². The molecule has 0 aliphatic heterocycles. The van der Waals surface area contributed by atoms with Crippen LogP contribution in [0.15, 0.2) is 0 Å². The summed E-state index contributed by atoms with van der Waals surface area (Å²) in [7, 11) is 1.46. The van der Waals surface area contributed by atoms with Crippen molar-refractivity contribution in [1.82, 2.24) is 0 Å². The van der Waals surface area contributed by atoms with Crippen LogP contribution in [0.3, 0.4) is 0 Å². The molecule has 0 aromatic rings. The lowest BCUT2D eigenvalue weighted by atomic mass is 10.0. The molecule has 0 saturated carbocycles. The summed E-state index contributed by atoms with van der Waals surface area (Å²) in [6.45, 7) is 2.20. The summed E-state index contributed by atoms with van der Waals surface area (Å²) in [6.07, 6.45) is 15.4. The second kappa shape index (κ2) is 15.2. The van der Waals surface area contributed by atoms with E-state index in [0.29, 0.717) is 11.8 Å². The van der Waals surface area contributed by atoms with Crippen molar-refractivity contribution in [1.29, 1.82) is 0 Å². The molecule has 120 valence electrons. The van der Waals surface area contributed by atoms with Gasteiger partial charge >= 0.3 is 5.97 Å². The number of hydrogen-bond acceptors (Lipinski definition) is 2. The predicted octanol–water partition coefficient (Wildman–Crippen LogP) is 5.86. The number of ether oxygens (including phenoxy) is 1. The number of hydrogen-bond donors (Lipinski definition) is 0. The number of halogens is 1. The highest BCUT2D eigenvalue weighted by Crippen LogP contribution is 2.16. The Morgan fingerprint density at radius 1 is 0.900 bits per heavy atom. The summed E-state index contributed by atoms with van der Waals surface area (Å²) >= 11 is 6.19. The Kier molecular flexibility index (Phi) is 15.0. The molecule has 0 N–H and O–H groups in total. The molecule has 1 atom stereocenters. The van der Waals surface area contributed by atoms with E-state index in [1.807, 2.05) is 0 Å². The van der Waals surface area contributed by atoms with Crippen molar-refractivity contribution in [2.45, 2.75) is 95.8 Å². The van der Waals surface area contributed by atoms with Crippen LogP contribution in [0.2, 0.25) is 0 Å². The molecule has 0 bridgehead atoms. The minimum Gasteiger partial charge on any atom is -0.469 e. The number of methoxy groups -OCH3 is 1. The van der Waals surface area contributed by atoms with Crippen molar-refractivity contribution in [2.24, 2.45) is 0 Å². The standard InChI is InChI=1S/C17H33ClO2/c1-3-13-16(18)14-11-9-7-5-4-6-8-10-12-15-17(19)20-2/h16H,3-15H2,1-2H3. The lowest BCUT2D eigenvalue weighted by Crippen LogP contribution is -1.99. The number of rotatable bonds is 14. The molecule has 0 fully saturated rings. The number of unbranched alkanes of at least 4 members (excludes halogenated alkanes) is 8. The molecule has 0 rings (SSSR count). The van der Waals surface area contributed by atoms with Gasteiger partial charge in [-0.15, -0.1) is 11.6 Å². The van der Waals surface area contributed by atoms with E-state index in [0.717, 1.165) is 19.3 Å². The van der Waals surface area contributed by atoms with Crippen molar-refractivity contribution < 1.29 is 9.53 Å². The number of esters is 1. The van der Waals surface area contributed by atoms with Crippen molar-refractivity contribution in [2.75, 3.05) is 7.11 Å². The molecule has 0 spiro atoms. The second-order valence-electron chi connectivity index (χ2n) is 5.68. The third-order valence-corrected chi connectivity index (χ3v) is 4.16. The van der Waals surface area contributed by atoms with Gasteiger partial charge in [0.25, 0.3) is 0 Å². The first-order valence-corrected chi connectivity index (χ1v) is 8.85. The molecular weight excluding hydrogens is 272 g/mol. The molecule has 1 unspecified atom stereocenters. The molecule has 2 nitrogen and oxygen atoms in total. The zero-order valence-corrected chi connectivity index (χ0v) is 14.2. The van der Waals surface area contributed by atoms with Gasteiger partial charge < -0.3 is 4.74 Å². The van der Waals surface area contributed by atoms with E-state index in [4.69, 9.17) is 11.6 Å². The quantitative estimate of drug-likeness (QED) is 0.228. The average Bonchev–Trinajstić information content (AvgIpc) is 2.44. The average molecular weight is 305 g/mol. The molecule has 0 radical (unpaired) electrons. The smallest absolute Gasteiger partial charge is 0.305 e. The fourth-order valence-electron chi connectivity index (χ4n) is 2.43. The van der Waals surface area contributed by atoms with Crippen LogP contribution in [0, 0.1) is 0 Å². The minimum atomic E-state index is -0.0781. The van der Waals surface area contributed by atoms with Crippen LogP contribution < -0.4 is 0 Å². The Morgan fingerprint density at radius 2 is 1.40 bits per heavy atom. The number of carbonyl (C=O) groups is 1. The Balaban J connectivity index is 3.08. The Labute approximate surface area is 130 Å². The van der Waals surface area contributed by atoms with Crippen LogP contribution in [0.25, 0.3) is 0 Å². The second-order valence-corrected chi connectivity index (χ2v) is 6.30. The van der Waals surface area contributed by atoms with Gasteiger partial charge in [-0.05, 0) is 19.3 Å². The summed E-state index contributed by atoms with van der Waals surface area (Å²) in [5.74, 6) is -0.0781. The molecule has 0 saturated heterocycles. The van der Waals surface area contributed by atoms with Gasteiger partial charge in [0, 0.05) is 11.8 Å². The fraction of sp³-hybridized carbons (Fsp3) is 0.941. The molecule has 0 aliphatic rings. The van der Waals surface area contributed by atoms with Crippen molar-refractivity contribution in [3.05, 3.63) is 0 Å². The molecule has 3 heteroatoms. The maximum absolute atomic E-state index is 10.9. The first-order valence-electron chi connectivity index (χ1n) is 8.41. The van der Waals surface area contributed by atoms with E-state index in [1.54, 1.807) is 0 Å². The van der Waals surface area contributed by atoms with Crippen LogP contribution in [0.1, 0.15) is 90.4 Å². The topological polar surface area (TPSA) is 26.3 Å². The fourth-order valence-corrected chi connectivity index (χ4v) is 2.80. The highest BCUT2D eigenvalue weighted by Gasteiger charge is 2.02. The first-order chi connectivity index (χ1) is 9.70. The summed E-state index contributed by atoms with van der Waals surface area (Å²) < 4.78 is 4.62. The highest BCUT2D eigenvalue weighted by atomic mass is 35.5. The lowest BCUT2D eigenvalue weighted by molar-refractivity contribution is -0.140. The zero-order chi connectivity index (χ0) is 15.1. The summed E-state index contributed by atoms with van der Waals surface area (Å²) in [5.41, 5.74) is 0. The molecule has 20 heavy (non-hydrogen) atoms. The molecular formula is C17H33ClO2. The van der Waals surface area contributed by atoms with E-state index < -0.39 is 0 Å². The third-order valence-electron chi connectivity index (χ3n) is 3.73. The van der Waals surface area contributed by atoms with Gasteiger partial charge in [0.15, 0.2) is 0 Å². The SMILES string of the molecule is CCCC(Cl)CCCCCCCCCCCC(=O)OC. The minimum absolute atomic E-state index is 0.0781. The van der Waals surface area contributed by atoms with Gasteiger partial charge in [-0.25, -0.2) is 0 Å². The number of alkyl halides is 1. The summed E-state index contributed by atoms with van der Waals surface area (Å²) in [5, 5.41) is 0.398. The van der Waals surface area contributed by atoms with E-state index in [1.165, 1.54) is 64.9 Å². The lowest BCUT2D eigenvalue weighted by Gasteiger charge is -2.07. The van der Waals surface area contributed by atoms with Crippen LogP contribution in [-0.4, -0.2) is 18.5 Å². The van der Waals surface area contributed by atoms with Crippen molar-refractivity contribution in [3.8, 4) is 0 Å². The van der Waals surface area contributed by atoms with E-state index >= 15 is 0 Å². The highest BCUT2D eigenvalue weighted by molar-refractivity contribution is 6.20. The van der Waals surface area contributed by atoms with Gasteiger partial charge in [0.1, 0.15) is 0 Å². The molecule has 0 aromatic carbocycles. The van der Waals surface area contributed by atoms with Crippen LogP contribution >= 0.6 is 11.6 Å². The van der Waals surface area contributed by atoms with Gasteiger partial charge in [-0.3, -0.25) is 4.79 Å². The Hall–Kier alpha value is -0.240. The van der Waals surface area contributed by atoms with Crippen molar-refractivity contribution in [3.63, 3.8) is 0 Å². The number of carbonyl (C=O) groups excluding carboxylic acids is 1. The zero-order valence-electron chi connectivity index (χ0n) is 13.5. The monoisotopic (exact) mass is 304 g/mol. The maximum Gasteiger partial charge on any atom is 0.305 e. The third kappa shape index (κ3) is 14.2. The van der Waals surface area contributed by atoms with Crippen LogP contribution in [0.5, 0.6) is 0 Å². The molecule has 0 amide bonds. The van der Waals surface area contributed by atoms with Crippen LogP contribution in [-0.2, 0) is 9.53 Å². The van der Waals surface area contributed by atoms with Gasteiger partial charge in [-0.2, -0.15) is 0 Å². The molecule has 0 aromatic heterocycles. The van der Waals surface area contributed by atoms with Crippen LogP contribution in [0.4, 0.5) is 0 Å². The van der Waals surface area contributed by atoms with E-state index in [2.05, 4.69) is 11.7 Å². The largest absolute Gasteiger partial charge is 0.469 e. The molecule has 0 heterocycles. The normalized spacial score (nSPS) is 12.3. The first kappa shape index (κ1) is 19.8. The predicted molar refractivity (Wildman–Crippen MR) is 87.4 cm³/mol.